The van der Waals surface area contributed by atoms with Gasteiger partial charge < -0.3 is 15.4 Å². The Labute approximate surface area is 187 Å². The number of pyridine rings is 1. The summed E-state index contributed by atoms with van der Waals surface area (Å²) in [5.74, 6) is 1.39. The first-order chi connectivity index (χ1) is 15.5. The number of rotatable bonds is 6. The van der Waals surface area contributed by atoms with Crippen LogP contribution >= 0.6 is 0 Å². The number of hydrogen-bond acceptors (Lipinski definition) is 4. The molecule has 0 radical (unpaired) electrons. The van der Waals surface area contributed by atoms with E-state index < -0.39 is 0 Å². The quantitative estimate of drug-likeness (QED) is 0.555. The Kier molecular flexibility index (Phi) is 5.17. The van der Waals surface area contributed by atoms with Gasteiger partial charge in [0, 0.05) is 11.6 Å². The van der Waals surface area contributed by atoms with E-state index in [1.54, 1.807) is 0 Å². The van der Waals surface area contributed by atoms with Gasteiger partial charge in [-0.25, -0.2) is 4.79 Å². The molecule has 0 spiro atoms. The minimum absolute atomic E-state index is 0.0179. The van der Waals surface area contributed by atoms with Gasteiger partial charge in [-0.3, -0.25) is 4.40 Å². The number of carbonyl (C=O) groups excluding carboxylic acids is 1. The van der Waals surface area contributed by atoms with E-state index in [9.17, 15) is 4.79 Å². The number of hydrogen-bond donors (Lipinski definition) is 2. The third-order valence-corrected chi connectivity index (χ3v) is 6.09. The van der Waals surface area contributed by atoms with Gasteiger partial charge in [-0.1, -0.05) is 37.4 Å². The maximum Gasteiger partial charge on any atom is 0.315 e. The van der Waals surface area contributed by atoms with Gasteiger partial charge in [0.25, 0.3) is 0 Å². The standard InChI is InChI=1S/C25H27N5O2/c1-15(2)16(3)24-29-28-23-13-10-18(14-30(23)24)32-22-12-11-21(19-6-4-5-7-20(19)22)27-25(31)26-17-8-9-17/h4-7,10,13-14,17,21-22H,1,3,8-9,11-12H2,2H3,(H2,26,27,31)/t21-,22-/m0/s1. The van der Waals surface area contributed by atoms with E-state index in [0.717, 1.165) is 59.4 Å². The van der Waals surface area contributed by atoms with Crippen LogP contribution in [0.3, 0.4) is 0 Å². The predicted molar refractivity (Wildman–Crippen MR) is 123 cm³/mol. The van der Waals surface area contributed by atoms with E-state index in [2.05, 4.69) is 46.1 Å². The van der Waals surface area contributed by atoms with Gasteiger partial charge in [-0.15, -0.1) is 10.2 Å². The van der Waals surface area contributed by atoms with E-state index in [1.807, 2.05) is 41.8 Å². The molecule has 3 aromatic rings. The Bertz CT molecular complexity index is 1210. The van der Waals surface area contributed by atoms with Crippen molar-refractivity contribution in [2.24, 2.45) is 0 Å². The summed E-state index contributed by atoms with van der Waals surface area (Å²) in [6, 6.07) is 12.2. The summed E-state index contributed by atoms with van der Waals surface area (Å²) in [6.07, 6.45) is 5.56. The van der Waals surface area contributed by atoms with Crippen molar-refractivity contribution in [3.63, 3.8) is 0 Å². The van der Waals surface area contributed by atoms with E-state index in [4.69, 9.17) is 4.74 Å². The number of aromatic nitrogens is 3. The first-order valence-corrected chi connectivity index (χ1v) is 11.0. The summed E-state index contributed by atoms with van der Waals surface area (Å²) in [5.41, 5.74) is 4.53. The fourth-order valence-electron chi connectivity index (χ4n) is 4.14. The average molecular weight is 430 g/mol. The summed E-state index contributed by atoms with van der Waals surface area (Å²) in [6.45, 7) is 9.93. The fourth-order valence-corrected chi connectivity index (χ4v) is 4.14. The van der Waals surface area contributed by atoms with Crippen LogP contribution in [0, 0.1) is 0 Å². The van der Waals surface area contributed by atoms with E-state index in [-0.39, 0.29) is 18.2 Å². The Morgan fingerprint density at radius 1 is 1.03 bits per heavy atom. The third-order valence-electron chi connectivity index (χ3n) is 6.09. The number of ether oxygens (including phenoxy) is 1. The minimum atomic E-state index is -0.0996. The number of benzene rings is 1. The van der Waals surface area contributed by atoms with Crippen molar-refractivity contribution in [2.75, 3.05) is 0 Å². The van der Waals surface area contributed by atoms with Crippen LogP contribution < -0.4 is 15.4 Å². The molecule has 32 heavy (non-hydrogen) atoms. The normalized spacial score (nSPS) is 19.8. The summed E-state index contributed by atoms with van der Waals surface area (Å²) in [5, 5.41) is 14.6. The third kappa shape index (κ3) is 3.98. The second kappa shape index (κ2) is 8.15. The first-order valence-electron chi connectivity index (χ1n) is 11.0. The molecule has 7 nitrogen and oxygen atoms in total. The lowest BCUT2D eigenvalue weighted by Crippen LogP contribution is -2.40. The molecule has 2 amide bonds. The first kappa shape index (κ1) is 20.3. The number of nitrogens with zero attached hydrogens (tertiary/aromatic N) is 3. The van der Waals surface area contributed by atoms with E-state index >= 15 is 0 Å². The van der Waals surface area contributed by atoms with Crippen LogP contribution in [0.25, 0.3) is 11.2 Å². The molecular formula is C25H27N5O2. The van der Waals surface area contributed by atoms with Crippen LogP contribution in [0.1, 0.15) is 61.7 Å². The molecule has 0 unspecified atom stereocenters. The molecule has 2 aromatic heterocycles. The van der Waals surface area contributed by atoms with Crippen molar-refractivity contribution in [2.45, 2.75) is 50.8 Å². The number of urea groups is 1. The summed E-state index contributed by atoms with van der Waals surface area (Å²) in [7, 11) is 0. The van der Waals surface area contributed by atoms with Crippen LogP contribution in [-0.4, -0.2) is 26.7 Å². The average Bonchev–Trinajstić information content (AvgIpc) is 3.50. The number of amides is 2. The highest BCUT2D eigenvalue weighted by atomic mass is 16.5. The maximum atomic E-state index is 12.3. The van der Waals surface area contributed by atoms with Crippen LogP contribution in [0.5, 0.6) is 5.75 Å². The second-order valence-electron chi connectivity index (χ2n) is 8.63. The summed E-state index contributed by atoms with van der Waals surface area (Å²) < 4.78 is 8.31. The summed E-state index contributed by atoms with van der Waals surface area (Å²) in [4.78, 5) is 12.3. The number of allylic oxidation sites excluding steroid dienone is 2. The predicted octanol–water partition coefficient (Wildman–Crippen LogP) is 4.74. The number of fused-ring (bicyclic) bond motifs is 2. The zero-order valence-electron chi connectivity index (χ0n) is 18.2. The van der Waals surface area contributed by atoms with Crippen molar-refractivity contribution in [3.05, 3.63) is 78.3 Å². The largest absolute Gasteiger partial charge is 0.484 e. The van der Waals surface area contributed by atoms with E-state index in [0.29, 0.717) is 11.9 Å². The van der Waals surface area contributed by atoms with Crippen molar-refractivity contribution in [1.29, 1.82) is 0 Å². The van der Waals surface area contributed by atoms with Gasteiger partial charge in [-0.2, -0.15) is 0 Å². The minimum Gasteiger partial charge on any atom is -0.484 e. The van der Waals surface area contributed by atoms with Crippen molar-refractivity contribution in [3.8, 4) is 5.75 Å². The van der Waals surface area contributed by atoms with Crippen LogP contribution in [0.15, 0.2) is 61.3 Å². The molecule has 2 aliphatic rings. The Balaban J connectivity index is 1.38. The molecule has 2 N–H and O–H groups in total. The monoisotopic (exact) mass is 429 g/mol. The highest BCUT2D eigenvalue weighted by molar-refractivity contribution is 5.75. The zero-order valence-corrected chi connectivity index (χ0v) is 18.2. The smallest absolute Gasteiger partial charge is 0.315 e. The molecule has 0 bridgehead atoms. The number of carbonyl (C=O) groups is 1. The lowest BCUT2D eigenvalue weighted by molar-refractivity contribution is 0.171. The highest BCUT2D eigenvalue weighted by Crippen LogP contribution is 2.39. The SMILES string of the molecule is C=C(C)C(=C)c1nnc2ccc(O[C@H]3CC[C@H](NC(=O)NC4CC4)c4ccccc43)cn12. The van der Waals surface area contributed by atoms with Gasteiger partial charge in [0.1, 0.15) is 11.9 Å². The molecule has 5 rings (SSSR count). The molecule has 2 aliphatic carbocycles. The van der Waals surface area contributed by atoms with E-state index in [1.165, 1.54) is 0 Å². The Hall–Kier alpha value is -3.61. The lowest BCUT2D eigenvalue weighted by Gasteiger charge is -2.32. The molecule has 2 heterocycles. The van der Waals surface area contributed by atoms with Gasteiger partial charge in [-0.05, 0) is 61.4 Å². The van der Waals surface area contributed by atoms with Gasteiger partial charge in [0.05, 0.1) is 12.2 Å². The van der Waals surface area contributed by atoms with Crippen molar-refractivity contribution in [1.82, 2.24) is 25.2 Å². The lowest BCUT2D eigenvalue weighted by atomic mass is 9.85. The molecule has 1 aromatic carbocycles. The van der Waals surface area contributed by atoms with Crippen molar-refractivity contribution >= 4 is 17.3 Å². The van der Waals surface area contributed by atoms with Crippen LogP contribution in [0.2, 0.25) is 0 Å². The summed E-state index contributed by atoms with van der Waals surface area (Å²) >= 11 is 0. The Morgan fingerprint density at radius 3 is 2.56 bits per heavy atom. The van der Waals surface area contributed by atoms with Gasteiger partial charge in [0.15, 0.2) is 11.5 Å². The topological polar surface area (TPSA) is 80.6 Å². The Morgan fingerprint density at radius 2 is 1.81 bits per heavy atom. The second-order valence-corrected chi connectivity index (χ2v) is 8.63. The number of nitrogens with one attached hydrogen (secondary N) is 2. The maximum absolute atomic E-state index is 12.3. The molecule has 2 atom stereocenters. The molecule has 7 heteroatoms. The molecular weight excluding hydrogens is 402 g/mol. The molecule has 164 valence electrons. The zero-order chi connectivity index (χ0) is 22.2. The van der Waals surface area contributed by atoms with Crippen LogP contribution in [0.4, 0.5) is 4.79 Å². The van der Waals surface area contributed by atoms with Crippen molar-refractivity contribution < 1.29 is 9.53 Å². The van der Waals surface area contributed by atoms with Gasteiger partial charge in [0.2, 0.25) is 0 Å². The highest BCUT2D eigenvalue weighted by Gasteiger charge is 2.31. The fraction of sp³-hybridized carbons (Fsp3) is 0.320. The molecule has 1 fully saturated rings. The van der Waals surface area contributed by atoms with Gasteiger partial charge >= 0.3 is 6.03 Å². The van der Waals surface area contributed by atoms with Crippen LogP contribution in [-0.2, 0) is 0 Å². The molecule has 0 saturated heterocycles. The molecule has 0 aliphatic heterocycles. The molecule has 1 saturated carbocycles.